The van der Waals surface area contributed by atoms with E-state index in [-0.39, 0.29) is 11.1 Å². The number of hydrogen-bond donors (Lipinski definition) is 1. The van der Waals surface area contributed by atoms with Gasteiger partial charge >= 0.3 is 0 Å². The molecule has 0 aromatic heterocycles. The summed E-state index contributed by atoms with van der Waals surface area (Å²) in [5, 5.41) is 3.35. The van der Waals surface area contributed by atoms with Crippen molar-refractivity contribution in [3.8, 4) is 0 Å². The third-order valence-electron chi connectivity index (χ3n) is 2.83. The minimum atomic E-state index is -0.409. The van der Waals surface area contributed by atoms with Crippen LogP contribution in [-0.2, 0) is 0 Å². The van der Waals surface area contributed by atoms with Gasteiger partial charge in [-0.3, -0.25) is 0 Å². The Labute approximate surface area is 133 Å². The molecular formula is C14H11Br2ClFN. The molecule has 2 aromatic carbocycles. The van der Waals surface area contributed by atoms with Crippen LogP contribution < -0.4 is 5.32 Å². The summed E-state index contributed by atoms with van der Waals surface area (Å²) >= 11 is 12.8. The molecule has 1 nitrogen and oxygen atoms in total. The van der Waals surface area contributed by atoms with Gasteiger partial charge in [0.15, 0.2) is 0 Å². The van der Waals surface area contributed by atoms with Gasteiger partial charge in [0.2, 0.25) is 0 Å². The van der Waals surface area contributed by atoms with E-state index in [0.717, 1.165) is 20.1 Å². The maximum absolute atomic E-state index is 13.2. The minimum absolute atomic E-state index is 0.0648. The Morgan fingerprint density at radius 2 is 1.89 bits per heavy atom. The third-order valence-corrected chi connectivity index (χ3v) is 4.34. The van der Waals surface area contributed by atoms with Crippen molar-refractivity contribution >= 4 is 43.5 Å². The van der Waals surface area contributed by atoms with E-state index in [1.807, 2.05) is 25.2 Å². The number of rotatable bonds is 3. The summed E-state index contributed by atoms with van der Waals surface area (Å²) in [5.74, 6) is -0.409. The van der Waals surface area contributed by atoms with Gasteiger partial charge in [-0.05, 0) is 48.5 Å². The lowest BCUT2D eigenvalue weighted by molar-refractivity contribution is 0.623. The van der Waals surface area contributed by atoms with Crippen LogP contribution in [0.15, 0.2) is 45.3 Å². The van der Waals surface area contributed by atoms with Crippen molar-refractivity contribution in [3.05, 3.63) is 67.3 Å². The first-order valence-corrected chi connectivity index (χ1v) is 7.56. The van der Waals surface area contributed by atoms with Crippen LogP contribution in [0.25, 0.3) is 0 Å². The first-order chi connectivity index (χ1) is 9.02. The zero-order valence-corrected chi connectivity index (χ0v) is 14.0. The lowest BCUT2D eigenvalue weighted by atomic mass is 9.99. The quantitative estimate of drug-likeness (QED) is 0.727. The summed E-state index contributed by atoms with van der Waals surface area (Å²) in [6.07, 6.45) is 0. The summed E-state index contributed by atoms with van der Waals surface area (Å²) < 4.78 is 15.2. The predicted molar refractivity (Wildman–Crippen MR) is 84.2 cm³/mol. The Morgan fingerprint density at radius 1 is 1.16 bits per heavy atom. The van der Waals surface area contributed by atoms with E-state index in [4.69, 9.17) is 11.6 Å². The van der Waals surface area contributed by atoms with Crippen LogP contribution in [0.1, 0.15) is 17.2 Å². The standard InChI is InChI=1S/C14H11Br2ClFN/c1-19-14(8-2-5-13(18)12(17)6-8)10-7-9(15)3-4-11(10)16/h2-7,14,19H,1H3. The van der Waals surface area contributed by atoms with Crippen molar-refractivity contribution in [1.29, 1.82) is 0 Å². The fourth-order valence-electron chi connectivity index (χ4n) is 1.93. The van der Waals surface area contributed by atoms with Crippen LogP contribution in [-0.4, -0.2) is 7.05 Å². The molecule has 5 heteroatoms. The van der Waals surface area contributed by atoms with E-state index in [9.17, 15) is 4.39 Å². The van der Waals surface area contributed by atoms with Gasteiger partial charge in [0.1, 0.15) is 5.82 Å². The largest absolute Gasteiger partial charge is 0.309 e. The lowest BCUT2D eigenvalue weighted by Gasteiger charge is -2.19. The van der Waals surface area contributed by atoms with Crippen molar-refractivity contribution in [3.63, 3.8) is 0 Å². The van der Waals surface area contributed by atoms with E-state index < -0.39 is 5.82 Å². The van der Waals surface area contributed by atoms with Crippen molar-refractivity contribution < 1.29 is 4.39 Å². The second kappa shape index (κ2) is 6.35. The predicted octanol–water partition coefficient (Wildman–Crippen LogP) is 5.31. The molecule has 1 unspecified atom stereocenters. The molecule has 0 amide bonds. The van der Waals surface area contributed by atoms with Crippen molar-refractivity contribution in [1.82, 2.24) is 5.32 Å². The highest BCUT2D eigenvalue weighted by Gasteiger charge is 2.16. The molecule has 2 rings (SSSR count). The van der Waals surface area contributed by atoms with Crippen LogP contribution in [0.3, 0.4) is 0 Å². The Hall–Kier alpha value is -0.420. The number of hydrogen-bond acceptors (Lipinski definition) is 1. The van der Waals surface area contributed by atoms with E-state index in [2.05, 4.69) is 37.2 Å². The average molecular weight is 408 g/mol. The number of benzene rings is 2. The van der Waals surface area contributed by atoms with E-state index >= 15 is 0 Å². The normalized spacial score (nSPS) is 12.5. The molecule has 1 atom stereocenters. The van der Waals surface area contributed by atoms with E-state index in [1.54, 1.807) is 12.1 Å². The summed E-state index contributed by atoms with van der Waals surface area (Å²) in [6, 6.07) is 10.6. The van der Waals surface area contributed by atoms with Crippen LogP contribution >= 0.6 is 43.5 Å². The fourth-order valence-corrected chi connectivity index (χ4v) is 2.97. The van der Waals surface area contributed by atoms with Crippen LogP contribution in [0.5, 0.6) is 0 Å². The van der Waals surface area contributed by atoms with Crippen LogP contribution in [0.4, 0.5) is 4.39 Å². The van der Waals surface area contributed by atoms with Crippen LogP contribution in [0, 0.1) is 5.82 Å². The molecule has 0 radical (unpaired) electrons. The summed E-state index contributed by atoms with van der Waals surface area (Å²) in [5.41, 5.74) is 1.97. The van der Waals surface area contributed by atoms with Gasteiger partial charge in [-0.25, -0.2) is 4.39 Å². The number of nitrogens with one attached hydrogen (secondary N) is 1. The monoisotopic (exact) mass is 405 g/mol. The van der Waals surface area contributed by atoms with Gasteiger partial charge in [-0.2, -0.15) is 0 Å². The molecular weight excluding hydrogens is 396 g/mol. The topological polar surface area (TPSA) is 12.0 Å². The molecule has 100 valence electrons. The second-order valence-corrected chi connectivity index (χ2v) is 6.24. The lowest BCUT2D eigenvalue weighted by Crippen LogP contribution is -2.18. The molecule has 0 bridgehead atoms. The molecule has 19 heavy (non-hydrogen) atoms. The Kier molecular flexibility index (Phi) is 5.01. The molecule has 2 aromatic rings. The van der Waals surface area contributed by atoms with E-state index in [1.165, 1.54) is 6.07 Å². The Bertz CT molecular complexity index is 604. The molecule has 0 fully saturated rings. The first kappa shape index (κ1) is 15.0. The summed E-state index contributed by atoms with van der Waals surface area (Å²) in [7, 11) is 1.86. The third kappa shape index (κ3) is 3.37. The maximum Gasteiger partial charge on any atom is 0.141 e. The molecule has 1 N–H and O–H groups in total. The molecule has 0 aliphatic carbocycles. The maximum atomic E-state index is 13.2. The number of halogens is 4. The zero-order valence-electron chi connectivity index (χ0n) is 10.1. The molecule has 0 saturated heterocycles. The highest BCUT2D eigenvalue weighted by atomic mass is 79.9. The molecule has 0 spiro atoms. The SMILES string of the molecule is CNC(c1ccc(F)c(Cl)c1)c1cc(Br)ccc1Br. The first-order valence-electron chi connectivity index (χ1n) is 5.60. The zero-order chi connectivity index (χ0) is 14.0. The molecule has 0 heterocycles. The molecule has 0 aliphatic heterocycles. The van der Waals surface area contributed by atoms with Crippen molar-refractivity contribution in [2.75, 3.05) is 7.05 Å². The summed E-state index contributed by atoms with van der Waals surface area (Å²) in [4.78, 5) is 0. The highest BCUT2D eigenvalue weighted by molar-refractivity contribution is 9.11. The fraction of sp³-hybridized carbons (Fsp3) is 0.143. The summed E-state index contributed by atoms with van der Waals surface area (Å²) in [6.45, 7) is 0. The van der Waals surface area contributed by atoms with Gasteiger partial charge in [0.25, 0.3) is 0 Å². The smallest absolute Gasteiger partial charge is 0.141 e. The second-order valence-electron chi connectivity index (χ2n) is 4.06. The van der Waals surface area contributed by atoms with E-state index in [0.29, 0.717) is 0 Å². The molecule has 0 saturated carbocycles. The average Bonchev–Trinajstić information content (AvgIpc) is 2.38. The Balaban J connectivity index is 2.49. The van der Waals surface area contributed by atoms with Gasteiger partial charge in [-0.1, -0.05) is 49.5 Å². The van der Waals surface area contributed by atoms with Crippen LogP contribution in [0.2, 0.25) is 5.02 Å². The minimum Gasteiger partial charge on any atom is -0.309 e. The van der Waals surface area contributed by atoms with Gasteiger partial charge in [-0.15, -0.1) is 0 Å². The van der Waals surface area contributed by atoms with Gasteiger partial charge in [0, 0.05) is 8.95 Å². The molecule has 0 aliphatic rings. The van der Waals surface area contributed by atoms with Gasteiger partial charge < -0.3 is 5.32 Å². The van der Waals surface area contributed by atoms with Gasteiger partial charge in [0.05, 0.1) is 11.1 Å². The van der Waals surface area contributed by atoms with Crippen molar-refractivity contribution in [2.24, 2.45) is 0 Å². The Morgan fingerprint density at radius 3 is 2.53 bits per heavy atom. The van der Waals surface area contributed by atoms with Crippen molar-refractivity contribution in [2.45, 2.75) is 6.04 Å². The highest BCUT2D eigenvalue weighted by Crippen LogP contribution is 2.32.